The van der Waals surface area contributed by atoms with Gasteiger partial charge in [0.15, 0.2) is 0 Å². The lowest BCUT2D eigenvalue weighted by Gasteiger charge is -2.36. The molecule has 0 aliphatic carbocycles. The summed E-state index contributed by atoms with van der Waals surface area (Å²) in [5.41, 5.74) is -0.226. The molecule has 2 rings (SSSR count). The van der Waals surface area contributed by atoms with Crippen LogP contribution in [0.2, 0.25) is 0 Å². The first-order valence-corrected chi connectivity index (χ1v) is 6.25. The molecular formula is C12H19N3O3. The van der Waals surface area contributed by atoms with Crippen LogP contribution in [0, 0.1) is 0 Å². The third kappa shape index (κ3) is 2.69. The zero-order valence-electron chi connectivity index (χ0n) is 10.8. The molecule has 2 aliphatic rings. The summed E-state index contributed by atoms with van der Waals surface area (Å²) >= 11 is 0. The van der Waals surface area contributed by atoms with Crippen LogP contribution in [0.25, 0.3) is 0 Å². The molecule has 6 nitrogen and oxygen atoms in total. The van der Waals surface area contributed by atoms with Crippen molar-refractivity contribution in [2.75, 3.05) is 20.1 Å². The fourth-order valence-electron chi connectivity index (χ4n) is 2.20. The summed E-state index contributed by atoms with van der Waals surface area (Å²) in [4.78, 5) is 25.2. The maximum absolute atomic E-state index is 12.2. The van der Waals surface area contributed by atoms with E-state index in [-0.39, 0.29) is 11.8 Å². The van der Waals surface area contributed by atoms with Crippen molar-refractivity contribution in [1.82, 2.24) is 9.91 Å². The van der Waals surface area contributed by atoms with Gasteiger partial charge < -0.3 is 10.0 Å². The second kappa shape index (κ2) is 4.68. The van der Waals surface area contributed by atoms with Gasteiger partial charge in [-0.15, -0.1) is 0 Å². The largest absolute Gasteiger partial charge is 0.390 e. The van der Waals surface area contributed by atoms with E-state index in [4.69, 9.17) is 0 Å². The fraction of sp³-hybridized carbons (Fsp3) is 0.750. The van der Waals surface area contributed by atoms with E-state index >= 15 is 0 Å². The molecular weight excluding hydrogens is 234 g/mol. The Morgan fingerprint density at radius 2 is 1.94 bits per heavy atom. The molecule has 1 N–H and O–H groups in total. The van der Waals surface area contributed by atoms with E-state index in [0.717, 1.165) is 0 Å². The average Bonchev–Trinajstić information content (AvgIpc) is 2.32. The number of carbonyl (C=O) groups excluding carboxylic acids is 2. The number of carbonyl (C=O) groups is 2. The maximum atomic E-state index is 12.2. The highest BCUT2D eigenvalue weighted by molar-refractivity contribution is 6.39. The Kier molecular flexibility index (Phi) is 3.38. The topological polar surface area (TPSA) is 73.2 Å². The smallest absolute Gasteiger partial charge is 0.270 e. The van der Waals surface area contributed by atoms with Crippen molar-refractivity contribution in [3.63, 3.8) is 0 Å². The highest BCUT2D eigenvalue weighted by Crippen LogP contribution is 2.22. The minimum absolute atomic E-state index is 0.0619. The minimum atomic E-state index is -0.669. The average molecular weight is 253 g/mol. The number of hydrazone groups is 1. The lowest BCUT2D eigenvalue weighted by Crippen LogP contribution is -2.48. The highest BCUT2D eigenvalue weighted by Gasteiger charge is 2.32. The third-order valence-electron chi connectivity index (χ3n) is 3.58. The van der Waals surface area contributed by atoms with E-state index in [0.29, 0.717) is 44.5 Å². The molecule has 0 bridgehead atoms. The number of aliphatic hydroxyl groups is 1. The molecule has 0 radical (unpaired) electrons. The van der Waals surface area contributed by atoms with Crippen molar-refractivity contribution in [2.24, 2.45) is 5.10 Å². The molecule has 0 aromatic rings. The fourth-order valence-corrected chi connectivity index (χ4v) is 2.20. The van der Waals surface area contributed by atoms with Crippen molar-refractivity contribution >= 4 is 17.5 Å². The van der Waals surface area contributed by atoms with E-state index < -0.39 is 5.60 Å². The summed E-state index contributed by atoms with van der Waals surface area (Å²) in [6, 6.07) is 0. The van der Waals surface area contributed by atoms with Crippen LogP contribution in [-0.4, -0.2) is 58.3 Å². The minimum Gasteiger partial charge on any atom is -0.390 e. The summed E-state index contributed by atoms with van der Waals surface area (Å²) in [7, 11) is 1.57. The molecule has 0 spiro atoms. The van der Waals surface area contributed by atoms with Crippen LogP contribution in [0.1, 0.15) is 32.6 Å². The Balaban J connectivity index is 2.01. The molecule has 0 unspecified atom stereocenters. The predicted molar refractivity (Wildman–Crippen MR) is 65.9 cm³/mol. The number of hydrogen-bond acceptors (Lipinski definition) is 4. The summed E-state index contributed by atoms with van der Waals surface area (Å²) in [6.45, 7) is 2.88. The van der Waals surface area contributed by atoms with Crippen LogP contribution in [0.4, 0.5) is 0 Å². The molecule has 0 aromatic carbocycles. The molecule has 18 heavy (non-hydrogen) atoms. The lowest BCUT2D eigenvalue weighted by atomic mass is 9.93. The number of piperidine rings is 1. The maximum Gasteiger partial charge on any atom is 0.270 e. The number of nitrogens with zero attached hydrogens (tertiary/aromatic N) is 3. The van der Waals surface area contributed by atoms with Gasteiger partial charge in [0.1, 0.15) is 5.71 Å². The second-order valence-electron chi connectivity index (χ2n) is 5.25. The Morgan fingerprint density at radius 3 is 2.50 bits per heavy atom. The van der Waals surface area contributed by atoms with E-state index in [2.05, 4.69) is 5.10 Å². The quantitative estimate of drug-likeness (QED) is 0.713. The first-order valence-electron chi connectivity index (χ1n) is 6.25. The monoisotopic (exact) mass is 253 g/mol. The van der Waals surface area contributed by atoms with Crippen molar-refractivity contribution in [3.8, 4) is 0 Å². The standard InChI is InChI=1S/C12H19N3O3/c1-12(18)5-7-15(8-6-12)11(17)9-3-4-10(16)14(2)13-9/h18H,3-8H2,1-2H3. The van der Waals surface area contributed by atoms with Gasteiger partial charge in [-0.25, -0.2) is 5.01 Å². The molecule has 0 aromatic heterocycles. The van der Waals surface area contributed by atoms with Crippen LogP contribution in [-0.2, 0) is 9.59 Å². The Labute approximate surface area is 106 Å². The van der Waals surface area contributed by atoms with Gasteiger partial charge in [-0.2, -0.15) is 5.10 Å². The lowest BCUT2D eigenvalue weighted by molar-refractivity contribution is -0.131. The predicted octanol–water partition coefficient (Wildman–Crippen LogP) is -0.0320. The first kappa shape index (κ1) is 13.0. The first-order chi connectivity index (χ1) is 8.39. The van der Waals surface area contributed by atoms with Gasteiger partial charge in [-0.05, 0) is 19.8 Å². The number of hydrogen-bond donors (Lipinski definition) is 1. The van der Waals surface area contributed by atoms with Crippen LogP contribution in [0.15, 0.2) is 5.10 Å². The second-order valence-corrected chi connectivity index (χ2v) is 5.25. The van der Waals surface area contributed by atoms with Crippen molar-refractivity contribution in [2.45, 2.75) is 38.2 Å². The molecule has 0 saturated carbocycles. The van der Waals surface area contributed by atoms with Crippen molar-refractivity contribution in [1.29, 1.82) is 0 Å². The molecule has 2 aliphatic heterocycles. The molecule has 100 valence electrons. The van der Waals surface area contributed by atoms with Crippen LogP contribution >= 0.6 is 0 Å². The zero-order valence-corrected chi connectivity index (χ0v) is 10.8. The normalized spacial score (nSPS) is 23.9. The molecule has 1 fully saturated rings. The van der Waals surface area contributed by atoms with E-state index in [9.17, 15) is 14.7 Å². The highest BCUT2D eigenvalue weighted by atomic mass is 16.3. The van der Waals surface area contributed by atoms with E-state index in [1.807, 2.05) is 0 Å². The number of rotatable bonds is 1. The summed E-state index contributed by atoms with van der Waals surface area (Å²) in [6.07, 6.45) is 1.92. The summed E-state index contributed by atoms with van der Waals surface area (Å²) in [5, 5.41) is 15.1. The summed E-state index contributed by atoms with van der Waals surface area (Å²) in [5.74, 6) is -0.169. The molecule has 2 heterocycles. The van der Waals surface area contributed by atoms with Gasteiger partial charge in [0.25, 0.3) is 5.91 Å². The third-order valence-corrected chi connectivity index (χ3v) is 3.58. The van der Waals surface area contributed by atoms with Crippen LogP contribution in [0.5, 0.6) is 0 Å². The van der Waals surface area contributed by atoms with E-state index in [1.54, 1.807) is 18.9 Å². The van der Waals surface area contributed by atoms with Gasteiger partial charge in [0.2, 0.25) is 5.91 Å². The number of likely N-dealkylation sites (tertiary alicyclic amines) is 1. The van der Waals surface area contributed by atoms with Gasteiger partial charge in [-0.3, -0.25) is 9.59 Å². The van der Waals surface area contributed by atoms with E-state index in [1.165, 1.54) is 5.01 Å². The molecule has 1 saturated heterocycles. The number of amides is 2. The SMILES string of the molecule is CN1N=C(C(=O)N2CCC(C)(O)CC2)CCC1=O. The van der Waals surface area contributed by atoms with Crippen LogP contribution < -0.4 is 0 Å². The van der Waals surface area contributed by atoms with Gasteiger partial charge in [0, 0.05) is 33.0 Å². The van der Waals surface area contributed by atoms with Crippen molar-refractivity contribution in [3.05, 3.63) is 0 Å². The van der Waals surface area contributed by atoms with Gasteiger partial charge >= 0.3 is 0 Å². The Hall–Kier alpha value is -1.43. The Morgan fingerprint density at radius 1 is 1.33 bits per heavy atom. The van der Waals surface area contributed by atoms with Crippen molar-refractivity contribution < 1.29 is 14.7 Å². The molecule has 0 atom stereocenters. The molecule has 6 heteroatoms. The Bertz CT molecular complexity index is 393. The zero-order chi connectivity index (χ0) is 13.3. The summed E-state index contributed by atoms with van der Waals surface area (Å²) < 4.78 is 0. The van der Waals surface area contributed by atoms with Gasteiger partial charge in [-0.1, -0.05) is 0 Å². The van der Waals surface area contributed by atoms with Gasteiger partial charge in [0.05, 0.1) is 5.60 Å². The van der Waals surface area contributed by atoms with Crippen LogP contribution in [0.3, 0.4) is 0 Å². The molecule has 2 amide bonds.